The third-order valence-electron chi connectivity index (χ3n) is 4.84. The molecule has 172 valence electrons. The Morgan fingerprint density at radius 3 is 2.64 bits per heavy atom. The first kappa shape index (κ1) is 22.2. The van der Waals surface area contributed by atoms with Gasteiger partial charge < -0.3 is 9.67 Å². The van der Waals surface area contributed by atoms with Crippen LogP contribution in [0.2, 0.25) is 0 Å². The number of nitrogens with zero attached hydrogens (tertiary/aromatic N) is 5. The summed E-state index contributed by atoms with van der Waals surface area (Å²) in [6.45, 7) is 2.26. The molecule has 0 saturated carbocycles. The molecular formula is C20H16F4N6O3. The zero-order valence-electron chi connectivity index (χ0n) is 17.0. The van der Waals surface area contributed by atoms with E-state index in [1.54, 1.807) is 4.57 Å². The number of aromatic nitrogens is 6. The van der Waals surface area contributed by atoms with Crippen molar-refractivity contribution in [3.05, 3.63) is 63.7 Å². The summed E-state index contributed by atoms with van der Waals surface area (Å²) in [7, 11) is 0. The molecule has 33 heavy (non-hydrogen) atoms. The van der Waals surface area contributed by atoms with Crippen LogP contribution in [0.15, 0.2) is 35.4 Å². The number of aryl methyl sites for hydroxylation is 1. The van der Waals surface area contributed by atoms with E-state index in [4.69, 9.17) is 5.11 Å². The number of fused-ring (bicyclic) bond motifs is 1. The molecule has 0 bridgehead atoms. The summed E-state index contributed by atoms with van der Waals surface area (Å²) in [5, 5.41) is 13.3. The number of hydrogen-bond acceptors (Lipinski definition) is 5. The Labute approximate surface area is 182 Å². The largest absolute Gasteiger partial charge is 0.475 e. The molecule has 0 saturated heterocycles. The first-order chi connectivity index (χ1) is 15.6. The van der Waals surface area contributed by atoms with Crippen LogP contribution in [0.4, 0.5) is 17.6 Å². The number of carboxylic acid groups (broad SMARTS) is 1. The van der Waals surface area contributed by atoms with E-state index in [0.717, 1.165) is 12.1 Å². The van der Waals surface area contributed by atoms with Crippen LogP contribution >= 0.6 is 0 Å². The van der Waals surface area contributed by atoms with Crippen LogP contribution in [-0.4, -0.2) is 40.4 Å². The second-order valence-corrected chi connectivity index (χ2v) is 7.22. The molecule has 0 aliphatic carbocycles. The number of carbonyl (C=O) groups is 1. The van der Waals surface area contributed by atoms with E-state index in [9.17, 15) is 27.2 Å². The Balaban J connectivity index is 1.71. The van der Waals surface area contributed by atoms with Gasteiger partial charge in [-0.1, -0.05) is 13.0 Å². The molecule has 3 heterocycles. The summed E-state index contributed by atoms with van der Waals surface area (Å²) < 4.78 is 55.1. The van der Waals surface area contributed by atoms with Crippen molar-refractivity contribution in [3.8, 4) is 11.4 Å². The molecular weight excluding hydrogens is 448 g/mol. The number of H-pyrrole nitrogens is 1. The van der Waals surface area contributed by atoms with Gasteiger partial charge in [-0.2, -0.15) is 18.3 Å². The van der Waals surface area contributed by atoms with Crippen molar-refractivity contribution in [1.29, 1.82) is 0 Å². The van der Waals surface area contributed by atoms with Gasteiger partial charge in [0.1, 0.15) is 11.6 Å². The summed E-state index contributed by atoms with van der Waals surface area (Å²) in [6, 6.07) is 2.64. The minimum absolute atomic E-state index is 0.00887. The number of imidazole rings is 1. The number of rotatable bonds is 6. The van der Waals surface area contributed by atoms with E-state index < -0.39 is 34.9 Å². The standard InChI is InChI=1S/C20H16F4N6O3/c1-2-5-30-14-15(26-16(19(32)33)28-18(14)31)27-17(30)11-7-25-29(9-11)8-10-3-4-12(13(21)6-10)20(22,23)24/h3-4,6-7,9H,2,5,8H2,1H3,(H,32,33)(H,26,28,31). The van der Waals surface area contributed by atoms with E-state index in [-0.39, 0.29) is 23.3 Å². The SMILES string of the molecule is CCCn1c(-c2cnn(Cc3ccc(C(F)(F)F)c(F)c3)c2)nc2nc(C(=O)O)[nH]c(=O)c21. The molecule has 0 atom stereocenters. The van der Waals surface area contributed by atoms with Crippen molar-refractivity contribution in [1.82, 2.24) is 29.3 Å². The molecule has 9 nitrogen and oxygen atoms in total. The maximum atomic E-state index is 13.9. The zero-order valence-corrected chi connectivity index (χ0v) is 17.0. The maximum Gasteiger partial charge on any atom is 0.419 e. The number of aromatic amines is 1. The molecule has 4 rings (SSSR count). The van der Waals surface area contributed by atoms with Gasteiger partial charge >= 0.3 is 12.1 Å². The molecule has 13 heteroatoms. The number of nitrogens with one attached hydrogen (secondary N) is 1. The number of benzene rings is 1. The summed E-state index contributed by atoms with van der Waals surface area (Å²) in [6.07, 6.45) is -1.18. The topological polar surface area (TPSA) is 119 Å². The third kappa shape index (κ3) is 4.21. The lowest BCUT2D eigenvalue weighted by molar-refractivity contribution is -0.140. The van der Waals surface area contributed by atoms with E-state index in [1.807, 2.05) is 6.92 Å². The third-order valence-corrected chi connectivity index (χ3v) is 4.84. The summed E-state index contributed by atoms with van der Waals surface area (Å²) >= 11 is 0. The minimum atomic E-state index is -4.79. The molecule has 0 spiro atoms. The van der Waals surface area contributed by atoms with Gasteiger partial charge in [-0.25, -0.2) is 19.2 Å². The van der Waals surface area contributed by atoms with Crippen LogP contribution < -0.4 is 5.56 Å². The monoisotopic (exact) mass is 464 g/mol. The summed E-state index contributed by atoms with van der Waals surface area (Å²) in [4.78, 5) is 34.1. The molecule has 0 fully saturated rings. The first-order valence-corrected chi connectivity index (χ1v) is 9.70. The van der Waals surface area contributed by atoms with Gasteiger partial charge in [0.15, 0.2) is 11.2 Å². The van der Waals surface area contributed by atoms with Gasteiger partial charge in [0.25, 0.3) is 5.56 Å². The van der Waals surface area contributed by atoms with Crippen molar-refractivity contribution in [2.24, 2.45) is 0 Å². The highest BCUT2D eigenvalue weighted by Crippen LogP contribution is 2.31. The van der Waals surface area contributed by atoms with E-state index in [1.165, 1.54) is 17.1 Å². The van der Waals surface area contributed by atoms with Gasteiger partial charge in [0.2, 0.25) is 5.82 Å². The highest BCUT2D eigenvalue weighted by atomic mass is 19.4. The van der Waals surface area contributed by atoms with Crippen molar-refractivity contribution in [2.45, 2.75) is 32.6 Å². The van der Waals surface area contributed by atoms with E-state index in [2.05, 4.69) is 20.1 Å². The lowest BCUT2D eigenvalue weighted by Gasteiger charge is -2.09. The number of carboxylic acids is 1. The first-order valence-electron chi connectivity index (χ1n) is 9.70. The number of hydrogen-bond donors (Lipinski definition) is 2. The number of alkyl halides is 3. The minimum Gasteiger partial charge on any atom is -0.475 e. The van der Waals surface area contributed by atoms with E-state index >= 15 is 0 Å². The maximum absolute atomic E-state index is 13.9. The second-order valence-electron chi connectivity index (χ2n) is 7.22. The lowest BCUT2D eigenvalue weighted by Crippen LogP contribution is -2.18. The molecule has 2 N–H and O–H groups in total. The van der Waals surface area contributed by atoms with Crippen LogP contribution in [0, 0.1) is 5.82 Å². The molecule has 0 amide bonds. The van der Waals surface area contributed by atoms with Gasteiger partial charge in [-0.15, -0.1) is 0 Å². The van der Waals surface area contributed by atoms with Crippen molar-refractivity contribution < 1.29 is 27.5 Å². The van der Waals surface area contributed by atoms with Gasteiger partial charge in [0.05, 0.1) is 23.9 Å². The molecule has 3 aromatic heterocycles. The quantitative estimate of drug-likeness (QED) is 0.423. The molecule has 4 aromatic rings. The molecule has 0 aliphatic heterocycles. The van der Waals surface area contributed by atoms with Crippen LogP contribution in [0.25, 0.3) is 22.6 Å². The number of aromatic carboxylic acids is 1. The Bertz CT molecular complexity index is 1420. The van der Waals surface area contributed by atoms with Crippen LogP contribution in [0.1, 0.15) is 35.1 Å². The van der Waals surface area contributed by atoms with Gasteiger partial charge in [-0.05, 0) is 24.1 Å². The van der Waals surface area contributed by atoms with Crippen LogP contribution in [0.3, 0.4) is 0 Å². The smallest absolute Gasteiger partial charge is 0.419 e. The van der Waals surface area contributed by atoms with Crippen molar-refractivity contribution >= 4 is 17.1 Å². The molecule has 0 unspecified atom stereocenters. The van der Waals surface area contributed by atoms with Crippen molar-refractivity contribution in [2.75, 3.05) is 0 Å². The number of halogens is 4. The Morgan fingerprint density at radius 2 is 2.00 bits per heavy atom. The average Bonchev–Trinajstić information content (AvgIpc) is 3.32. The molecule has 0 aliphatic rings. The fourth-order valence-electron chi connectivity index (χ4n) is 3.45. The van der Waals surface area contributed by atoms with Crippen molar-refractivity contribution in [3.63, 3.8) is 0 Å². The lowest BCUT2D eigenvalue weighted by atomic mass is 10.1. The highest BCUT2D eigenvalue weighted by Gasteiger charge is 2.33. The second kappa shape index (κ2) is 8.15. The normalized spacial score (nSPS) is 11.9. The Kier molecular flexibility index (Phi) is 5.47. The Hall–Kier alpha value is -4.03. The fourth-order valence-corrected chi connectivity index (χ4v) is 3.45. The van der Waals surface area contributed by atoms with E-state index in [0.29, 0.717) is 30.4 Å². The van der Waals surface area contributed by atoms with Crippen LogP contribution in [0.5, 0.6) is 0 Å². The summed E-state index contributed by atoms with van der Waals surface area (Å²) in [5.41, 5.74) is -1.21. The fraction of sp³-hybridized carbons (Fsp3) is 0.250. The van der Waals surface area contributed by atoms with Gasteiger partial charge in [0, 0.05) is 12.7 Å². The zero-order chi connectivity index (χ0) is 23.9. The predicted molar refractivity (Wildman–Crippen MR) is 107 cm³/mol. The Morgan fingerprint density at radius 1 is 1.24 bits per heavy atom. The summed E-state index contributed by atoms with van der Waals surface area (Å²) in [5.74, 6) is -3.01. The highest BCUT2D eigenvalue weighted by molar-refractivity contribution is 5.86. The average molecular weight is 464 g/mol. The van der Waals surface area contributed by atoms with Gasteiger partial charge in [-0.3, -0.25) is 14.5 Å². The molecule has 0 radical (unpaired) electrons. The van der Waals surface area contributed by atoms with Crippen LogP contribution in [-0.2, 0) is 19.3 Å². The molecule has 1 aromatic carbocycles. The predicted octanol–water partition coefficient (Wildman–Crippen LogP) is 3.30.